The predicted octanol–water partition coefficient (Wildman–Crippen LogP) is 2.43. The van der Waals surface area contributed by atoms with Crippen molar-refractivity contribution in [2.75, 3.05) is 18.4 Å². The van der Waals surface area contributed by atoms with E-state index in [0.717, 1.165) is 4.88 Å². The number of hydrogen-bond donors (Lipinski definition) is 3. The number of hydrogen-bond acceptors (Lipinski definition) is 4. The van der Waals surface area contributed by atoms with Crippen LogP contribution in [0.2, 0.25) is 0 Å². The fourth-order valence-electron chi connectivity index (χ4n) is 2.11. The van der Waals surface area contributed by atoms with Crippen LogP contribution in [-0.4, -0.2) is 30.8 Å². The zero-order valence-electron chi connectivity index (χ0n) is 14.9. The third kappa shape index (κ3) is 6.33. The molecule has 1 aromatic heterocycles. The molecule has 3 N–H and O–H groups in total. The van der Waals surface area contributed by atoms with Gasteiger partial charge in [-0.3, -0.25) is 14.4 Å². The van der Waals surface area contributed by atoms with Crippen LogP contribution in [0.4, 0.5) is 5.69 Å². The molecule has 1 aromatic carbocycles. The topological polar surface area (TPSA) is 87.3 Å². The van der Waals surface area contributed by atoms with Crippen LogP contribution in [0.5, 0.6) is 0 Å². The summed E-state index contributed by atoms with van der Waals surface area (Å²) < 4.78 is 0. The molecule has 0 spiro atoms. The standard InChI is InChI=1S/C19H23N3O3S/c1-13(2)18(24)22-15-7-5-14(6-8-15)19(25)21-10-9-20-17(23)12-16-4-3-11-26-16/h3-8,11,13H,9-10,12H2,1-2H3,(H,20,23)(H,21,25)(H,22,24). The van der Waals surface area contributed by atoms with Crippen LogP contribution in [0.15, 0.2) is 41.8 Å². The van der Waals surface area contributed by atoms with Gasteiger partial charge in [0.25, 0.3) is 5.91 Å². The van der Waals surface area contributed by atoms with Crippen molar-refractivity contribution in [2.24, 2.45) is 5.92 Å². The van der Waals surface area contributed by atoms with Crippen molar-refractivity contribution in [3.05, 3.63) is 52.2 Å². The molecule has 138 valence electrons. The van der Waals surface area contributed by atoms with Crippen molar-refractivity contribution < 1.29 is 14.4 Å². The first kappa shape index (κ1) is 19.7. The van der Waals surface area contributed by atoms with Gasteiger partial charge in [-0.25, -0.2) is 0 Å². The Hall–Kier alpha value is -2.67. The van der Waals surface area contributed by atoms with Crippen LogP contribution in [0.3, 0.4) is 0 Å². The Kier molecular flexibility index (Phi) is 7.35. The van der Waals surface area contributed by atoms with Gasteiger partial charge in [0, 0.05) is 35.1 Å². The number of nitrogens with one attached hydrogen (secondary N) is 3. The van der Waals surface area contributed by atoms with Crippen LogP contribution >= 0.6 is 11.3 Å². The third-order valence-electron chi connectivity index (χ3n) is 3.59. The van der Waals surface area contributed by atoms with Gasteiger partial charge >= 0.3 is 0 Å². The third-order valence-corrected chi connectivity index (χ3v) is 4.46. The fraction of sp³-hybridized carbons (Fsp3) is 0.316. The summed E-state index contributed by atoms with van der Waals surface area (Å²) in [4.78, 5) is 36.5. The first-order valence-corrected chi connectivity index (χ1v) is 9.32. The molecule has 0 saturated heterocycles. The molecule has 7 heteroatoms. The van der Waals surface area contributed by atoms with Crippen molar-refractivity contribution >= 4 is 34.7 Å². The molecule has 0 bridgehead atoms. The number of thiophene rings is 1. The summed E-state index contributed by atoms with van der Waals surface area (Å²) in [6.07, 6.45) is 0.356. The van der Waals surface area contributed by atoms with Gasteiger partial charge in [-0.1, -0.05) is 19.9 Å². The summed E-state index contributed by atoms with van der Waals surface area (Å²) in [5.41, 5.74) is 1.15. The smallest absolute Gasteiger partial charge is 0.251 e. The molecule has 0 unspecified atom stereocenters. The largest absolute Gasteiger partial charge is 0.354 e. The van der Waals surface area contributed by atoms with Gasteiger partial charge in [-0.05, 0) is 35.7 Å². The maximum absolute atomic E-state index is 12.1. The van der Waals surface area contributed by atoms with Crippen LogP contribution in [0.25, 0.3) is 0 Å². The molecular formula is C19H23N3O3S. The van der Waals surface area contributed by atoms with E-state index in [0.29, 0.717) is 30.8 Å². The lowest BCUT2D eigenvalue weighted by Crippen LogP contribution is -2.35. The van der Waals surface area contributed by atoms with Crippen LogP contribution < -0.4 is 16.0 Å². The molecule has 2 aromatic rings. The van der Waals surface area contributed by atoms with Gasteiger partial charge in [-0.15, -0.1) is 11.3 Å². The predicted molar refractivity (Wildman–Crippen MR) is 103 cm³/mol. The van der Waals surface area contributed by atoms with E-state index < -0.39 is 0 Å². The fourth-order valence-corrected chi connectivity index (χ4v) is 2.81. The molecular weight excluding hydrogens is 350 g/mol. The minimum atomic E-state index is -0.223. The van der Waals surface area contributed by atoms with Crippen molar-refractivity contribution in [3.8, 4) is 0 Å². The average Bonchev–Trinajstić information content (AvgIpc) is 3.12. The van der Waals surface area contributed by atoms with Crippen LogP contribution in [0.1, 0.15) is 29.1 Å². The number of carbonyl (C=O) groups is 3. The van der Waals surface area contributed by atoms with E-state index in [1.165, 1.54) is 0 Å². The van der Waals surface area contributed by atoms with E-state index in [1.54, 1.807) is 35.6 Å². The van der Waals surface area contributed by atoms with Gasteiger partial charge in [0.1, 0.15) is 0 Å². The lowest BCUT2D eigenvalue weighted by molar-refractivity contribution is -0.120. The monoisotopic (exact) mass is 373 g/mol. The summed E-state index contributed by atoms with van der Waals surface area (Å²) in [6.45, 7) is 4.35. The van der Waals surface area contributed by atoms with E-state index in [2.05, 4.69) is 16.0 Å². The highest BCUT2D eigenvalue weighted by Crippen LogP contribution is 2.11. The van der Waals surface area contributed by atoms with E-state index in [1.807, 2.05) is 31.4 Å². The Bertz CT molecular complexity index is 740. The van der Waals surface area contributed by atoms with E-state index in [4.69, 9.17) is 0 Å². The summed E-state index contributed by atoms with van der Waals surface area (Å²) >= 11 is 1.54. The Morgan fingerprint density at radius 2 is 1.69 bits per heavy atom. The van der Waals surface area contributed by atoms with Crippen LogP contribution in [-0.2, 0) is 16.0 Å². The van der Waals surface area contributed by atoms with Gasteiger partial charge in [0.15, 0.2) is 0 Å². The highest BCUT2D eigenvalue weighted by atomic mass is 32.1. The van der Waals surface area contributed by atoms with Gasteiger partial charge in [0.05, 0.1) is 6.42 Å². The van der Waals surface area contributed by atoms with Crippen molar-refractivity contribution in [2.45, 2.75) is 20.3 Å². The molecule has 0 atom stereocenters. The second kappa shape index (κ2) is 9.72. The molecule has 0 radical (unpaired) electrons. The molecule has 6 nitrogen and oxygen atoms in total. The Morgan fingerprint density at radius 1 is 1.00 bits per heavy atom. The molecule has 3 amide bonds. The van der Waals surface area contributed by atoms with Crippen LogP contribution in [0, 0.1) is 5.92 Å². The minimum absolute atomic E-state index is 0.0630. The average molecular weight is 373 g/mol. The zero-order chi connectivity index (χ0) is 18.9. The van der Waals surface area contributed by atoms with Gasteiger partial charge in [0.2, 0.25) is 11.8 Å². The summed E-state index contributed by atoms with van der Waals surface area (Å²) in [5, 5.41) is 10.2. The molecule has 0 fully saturated rings. The SMILES string of the molecule is CC(C)C(=O)Nc1ccc(C(=O)NCCNC(=O)Cc2cccs2)cc1. The molecule has 0 aliphatic rings. The first-order chi connectivity index (χ1) is 12.5. The Morgan fingerprint density at radius 3 is 2.31 bits per heavy atom. The van der Waals surface area contributed by atoms with Crippen molar-refractivity contribution in [1.29, 1.82) is 0 Å². The molecule has 0 saturated carbocycles. The van der Waals surface area contributed by atoms with Crippen molar-refractivity contribution in [1.82, 2.24) is 10.6 Å². The number of benzene rings is 1. The second-order valence-electron chi connectivity index (χ2n) is 6.08. The zero-order valence-corrected chi connectivity index (χ0v) is 15.7. The minimum Gasteiger partial charge on any atom is -0.354 e. The van der Waals surface area contributed by atoms with E-state index in [-0.39, 0.29) is 23.6 Å². The second-order valence-corrected chi connectivity index (χ2v) is 7.12. The number of amides is 3. The highest BCUT2D eigenvalue weighted by Gasteiger charge is 2.09. The lowest BCUT2D eigenvalue weighted by Gasteiger charge is -2.09. The molecule has 0 aliphatic heterocycles. The number of carbonyl (C=O) groups excluding carboxylic acids is 3. The van der Waals surface area contributed by atoms with Gasteiger partial charge < -0.3 is 16.0 Å². The molecule has 0 aliphatic carbocycles. The Labute approximate surface area is 157 Å². The number of rotatable bonds is 8. The molecule has 1 heterocycles. The summed E-state index contributed by atoms with van der Waals surface area (Å²) in [7, 11) is 0. The van der Waals surface area contributed by atoms with Crippen molar-refractivity contribution in [3.63, 3.8) is 0 Å². The quantitative estimate of drug-likeness (QED) is 0.621. The van der Waals surface area contributed by atoms with E-state index in [9.17, 15) is 14.4 Å². The first-order valence-electron chi connectivity index (χ1n) is 8.44. The van der Waals surface area contributed by atoms with Gasteiger partial charge in [-0.2, -0.15) is 0 Å². The normalized spacial score (nSPS) is 10.4. The molecule has 2 rings (SSSR count). The molecule has 26 heavy (non-hydrogen) atoms. The van der Waals surface area contributed by atoms with E-state index >= 15 is 0 Å². The maximum atomic E-state index is 12.1. The number of anilines is 1. The summed E-state index contributed by atoms with van der Waals surface area (Å²) in [5.74, 6) is -0.459. The summed E-state index contributed by atoms with van der Waals surface area (Å²) in [6, 6.07) is 10.5. The Balaban J connectivity index is 1.70. The maximum Gasteiger partial charge on any atom is 0.251 e. The highest BCUT2D eigenvalue weighted by molar-refractivity contribution is 7.10. The lowest BCUT2D eigenvalue weighted by atomic mass is 10.1.